The molecule has 1 unspecified atom stereocenters. The summed E-state index contributed by atoms with van der Waals surface area (Å²) in [4.78, 5) is 41.4. The predicted octanol–water partition coefficient (Wildman–Crippen LogP) is 4.32. The van der Waals surface area contributed by atoms with Crippen LogP contribution in [0.15, 0.2) is 36.8 Å². The number of anilines is 1. The highest BCUT2D eigenvalue weighted by atomic mass is 16.5. The van der Waals surface area contributed by atoms with Crippen molar-refractivity contribution in [3.8, 4) is 0 Å². The highest BCUT2D eigenvalue weighted by molar-refractivity contribution is 6.05. The second kappa shape index (κ2) is 13.3. The summed E-state index contributed by atoms with van der Waals surface area (Å²) in [6.45, 7) is 6.24. The van der Waals surface area contributed by atoms with Gasteiger partial charge in [-0.15, -0.1) is 0 Å². The zero-order chi connectivity index (χ0) is 23.3. The van der Waals surface area contributed by atoms with E-state index in [2.05, 4.69) is 17.2 Å². The molecular formula is C24H33N3O5. The minimum absolute atomic E-state index is 0.00850. The van der Waals surface area contributed by atoms with E-state index in [-0.39, 0.29) is 24.9 Å². The number of ether oxygens (including phenoxy) is 2. The number of unbranched alkanes of at least 4 members (excludes halogenated alkanes) is 3. The number of imidazole rings is 1. The molecule has 0 fully saturated rings. The zero-order valence-electron chi connectivity index (χ0n) is 19.1. The lowest BCUT2D eigenvalue weighted by Crippen LogP contribution is -2.21. The summed E-state index contributed by atoms with van der Waals surface area (Å²) in [5.74, 6) is -0.758. The first-order valence-corrected chi connectivity index (χ1v) is 11.2. The van der Waals surface area contributed by atoms with Crippen LogP contribution in [0.3, 0.4) is 0 Å². The topological polar surface area (TPSA) is 99.5 Å². The van der Waals surface area contributed by atoms with Gasteiger partial charge in [-0.25, -0.2) is 9.78 Å². The third-order valence-corrected chi connectivity index (χ3v) is 4.99. The highest BCUT2D eigenvalue weighted by Gasteiger charge is 2.22. The number of nitrogens with zero attached hydrogens (tertiary/aromatic N) is 2. The van der Waals surface area contributed by atoms with E-state index in [1.165, 1.54) is 6.33 Å². The molecule has 0 aliphatic carbocycles. The minimum atomic E-state index is -0.485. The first kappa shape index (κ1) is 25.1. The summed E-state index contributed by atoms with van der Waals surface area (Å²) in [6, 6.07) is 6.38. The SMILES string of the molecule is CCCCCCC(C(=O)OCC)n1cnc(NC(=O)c2ccccc2CC(=O)OCC)c1. The Hall–Kier alpha value is -3.16. The zero-order valence-corrected chi connectivity index (χ0v) is 19.1. The van der Waals surface area contributed by atoms with Crippen LogP contribution in [0.1, 0.15) is 74.8 Å². The molecule has 0 aliphatic rings. The molecule has 1 aromatic heterocycles. The maximum Gasteiger partial charge on any atom is 0.329 e. The number of hydrogen-bond acceptors (Lipinski definition) is 6. The number of rotatable bonds is 13. The van der Waals surface area contributed by atoms with E-state index >= 15 is 0 Å². The fourth-order valence-electron chi connectivity index (χ4n) is 3.41. The van der Waals surface area contributed by atoms with Crippen LogP contribution in [0.4, 0.5) is 5.82 Å². The average molecular weight is 444 g/mol. The third-order valence-electron chi connectivity index (χ3n) is 4.99. The van der Waals surface area contributed by atoms with Crippen LogP contribution in [0.25, 0.3) is 0 Å². The van der Waals surface area contributed by atoms with Gasteiger partial charge in [-0.1, -0.05) is 50.8 Å². The first-order valence-electron chi connectivity index (χ1n) is 11.2. The number of esters is 2. The molecule has 32 heavy (non-hydrogen) atoms. The normalized spacial score (nSPS) is 11.6. The number of aromatic nitrogens is 2. The van der Waals surface area contributed by atoms with Gasteiger partial charge >= 0.3 is 11.9 Å². The summed E-state index contributed by atoms with van der Waals surface area (Å²) in [5, 5.41) is 2.75. The van der Waals surface area contributed by atoms with E-state index in [4.69, 9.17) is 9.47 Å². The van der Waals surface area contributed by atoms with E-state index in [1.807, 2.05) is 0 Å². The molecule has 0 saturated heterocycles. The molecule has 2 rings (SSSR count). The second-order valence-corrected chi connectivity index (χ2v) is 7.42. The van der Waals surface area contributed by atoms with Crippen molar-refractivity contribution in [2.75, 3.05) is 18.5 Å². The van der Waals surface area contributed by atoms with Crippen molar-refractivity contribution >= 4 is 23.7 Å². The Bertz CT molecular complexity index is 893. The Labute approximate surface area is 189 Å². The average Bonchev–Trinajstić information content (AvgIpc) is 3.22. The summed E-state index contributed by atoms with van der Waals surface area (Å²) < 4.78 is 11.9. The van der Waals surface area contributed by atoms with Gasteiger partial charge in [0.2, 0.25) is 0 Å². The molecule has 0 spiro atoms. The van der Waals surface area contributed by atoms with E-state index in [0.29, 0.717) is 30.0 Å². The van der Waals surface area contributed by atoms with Crippen molar-refractivity contribution in [3.63, 3.8) is 0 Å². The number of benzene rings is 1. The van der Waals surface area contributed by atoms with Crippen molar-refractivity contribution in [3.05, 3.63) is 47.9 Å². The molecule has 0 bridgehead atoms. The number of hydrogen-bond donors (Lipinski definition) is 1. The lowest BCUT2D eigenvalue weighted by Gasteiger charge is -2.16. The Morgan fingerprint density at radius 2 is 1.78 bits per heavy atom. The van der Waals surface area contributed by atoms with Gasteiger partial charge in [0.25, 0.3) is 5.91 Å². The minimum Gasteiger partial charge on any atom is -0.466 e. The van der Waals surface area contributed by atoms with Gasteiger partial charge in [0.05, 0.1) is 26.0 Å². The molecule has 0 radical (unpaired) electrons. The Morgan fingerprint density at radius 1 is 1.03 bits per heavy atom. The van der Waals surface area contributed by atoms with Gasteiger partial charge in [-0.05, 0) is 31.9 Å². The second-order valence-electron chi connectivity index (χ2n) is 7.42. The monoisotopic (exact) mass is 443 g/mol. The third kappa shape index (κ3) is 7.51. The van der Waals surface area contributed by atoms with Crippen molar-refractivity contribution in [2.24, 2.45) is 0 Å². The Morgan fingerprint density at radius 3 is 2.50 bits per heavy atom. The molecule has 1 atom stereocenters. The molecule has 1 heterocycles. The van der Waals surface area contributed by atoms with E-state index in [1.54, 1.807) is 48.9 Å². The molecule has 1 aromatic carbocycles. The quantitative estimate of drug-likeness (QED) is 0.366. The van der Waals surface area contributed by atoms with E-state index in [0.717, 1.165) is 25.7 Å². The molecular weight excluding hydrogens is 410 g/mol. The Kier molecular flexibility index (Phi) is 10.4. The number of nitrogens with one attached hydrogen (secondary N) is 1. The van der Waals surface area contributed by atoms with Gasteiger partial charge in [0.15, 0.2) is 5.82 Å². The maximum atomic E-state index is 12.8. The van der Waals surface area contributed by atoms with Gasteiger partial charge in [0, 0.05) is 11.8 Å². The van der Waals surface area contributed by atoms with Crippen molar-refractivity contribution in [1.82, 2.24) is 9.55 Å². The first-order chi connectivity index (χ1) is 15.5. The molecule has 174 valence electrons. The molecule has 1 amide bonds. The molecule has 0 saturated carbocycles. The van der Waals surface area contributed by atoms with Crippen LogP contribution in [0.5, 0.6) is 0 Å². The van der Waals surface area contributed by atoms with Crippen molar-refractivity contribution < 1.29 is 23.9 Å². The largest absolute Gasteiger partial charge is 0.466 e. The fraction of sp³-hybridized carbons (Fsp3) is 0.500. The van der Waals surface area contributed by atoms with E-state index in [9.17, 15) is 14.4 Å². The van der Waals surface area contributed by atoms with Crippen LogP contribution in [-0.2, 0) is 25.5 Å². The van der Waals surface area contributed by atoms with Crippen molar-refractivity contribution in [1.29, 1.82) is 0 Å². The van der Waals surface area contributed by atoms with Crippen LogP contribution in [-0.4, -0.2) is 40.6 Å². The summed E-state index contributed by atoms with van der Waals surface area (Å²) in [6.07, 6.45) is 7.99. The van der Waals surface area contributed by atoms with Crippen LogP contribution in [0.2, 0.25) is 0 Å². The van der Waals surface area contributed by atoms with Gasteiger partial charge in [0.1, 0.15) is 6.04 Å². The van der Waals surface area contributed by atoms with Crippen LogP contribution in [0, 0.1) is 0 Å². The standard InChI is InChI=1S/C24H33N3O5/c1-4-7-8-9-14-20(24(30)32-6-3)27-16-21(25-17-27)26-23(29)19-13-11-10-12-18(19)15-22(28)31-5-2/h10-13,16-17,20H,4-9,14-15H2,1-3H3,(H,26,29). The summed E-state index contributed by atoms with van der Waals surface area (Å²) >= 11 is 0. The molecule has 8 heteroatoms. The smallest absolute Gasteiger partial charge is 0.329 e. The lowest BCUT2D eigenvalue weighted by atomic mass is 10.0. The number of carbonyl (C=O) groups excluding carboxylic acids is 3. The van der Waals surface area contributed by atoms with Crippen LogP contribution >= 0.6 is 0 Å². The Balaban J connectivity index is 2.11. The molecule has 2 aromatic rings. The van der Waals surface area contributed by atoms with Gasteiger partial charge in [-0.2, -0.15) is 0 Å². The molecule has 8 nitrogen and oxygen atoms in total. The van der Waals surface area contributed by atoms with Crippen molar-refractivity contribution in [2.45, 2.75) is 65.3 Å². The maximum absolute atomic E-state index is 12.8. The number of carbonyl (C=O) groups is 3. The van der Waals surface area contributed by atoms with Gasteiger partial charge in [-0.3, -0.25) is 9.59 Å². The summed E-state index contributed by atoms with van der Waals surface area (Å²) in [5.41, 5.74) is 0.944. The molecule has 1 N–H and O–H groups in total. The fourth-order valence-corrected chi connectivity index (χ4v) is 3.41. The predicted molar refractivity (Wildman–Crippen MR) is 121 cm³/mol. The lowest BCUT2D eigenvalue weighted by molar-refractivity contribution is -0.147. The summed E-state index contributed by atoms with van der Waals surface area (Å²) in [7, 11) is 0. The highest BCUT2D eigenvalue weighted by Crippen LogP contribution is 2.21. The molecule has 0 aliphatic heterocycles. The van der Waals surface area contributed by atoms with Gasteiger partial charge < -0.3 is 19.4 Å². The van der Waals surface area contributed by atoms with E-state index < -0.39 is 12.0 Å². The van der Waals surface area contributed by atoms with Crippen LogP contribution < -0.4 is 5.32 Å². The number of amides is 1.